The quantitative estimate of drug-likeness (QED) is 0.626. The molecule has 160 valence electrons. The molecule has 4 nitrogen and oxygen atoms in total. The van der Waals surface area contributed by atoms with Crippen molar-refractivity contribution in [3.8, 4) is 0 Å². The first-order valence-electron chi connectivity index (χ1n) is 11.1. The minimum absolute atomic E-state index is 0.0129. The molecule has 2 atom stereocenters. The van der Waals surface area contributed by atoms with Gasteiger partial charge in [-0.1, -0.05) is 51.5 Å². The second-order valence-corrected chi connectivity index (χ2v) is 10.7. The molecule has 2 aliphatic carbocycles. The molecule has 0 aromatic heterocycles. The van der Waals surface area contributed by atoms with Crippen LogP contribution in [0.3, 0.4) is 0 Å². The van der Waals surface area contributed by atoms with Crippen molar-refractivity contribution >= 4 is 23.1 Å². The van der Waals surface area contributed by atoms with Gasteiger partial charge in [0.25, 0.3) is 0 Å². The van der Waals surface area contributed by atoms with E-state index in [4.69, 9.17) is 0 Å². The predicted octanol–water partition coefficient (Wildman–Crippen LogP) is 5.86. The molecule has 0 radical (unpaired) electrons. The fourth-order valence-electron chi connectivity index (χ4n) is 5.55. The number of hydrogen-bond acceptors (Lipinski definition) is 3. The van der Waals surface area contributed by atoms with E-state index >= 15 is 0 Å². The zero-order chi connectivity index (χ0) is 21.8. The Hall–Kier alpha value is -2.36. The lowest BCUT2D eigenvalue weighted by atomic mass is 9.70. The van der Waals surface area contributed by atoms with E-state index in [1.165, 1.54) is 5.57 Å². The number of rotatable bonds is 2. The second-order valence-electron chi connectivity index (χ2n) is 10.7. The molecule has 1 amide bonds. The van der Waals surface area contributed by atoms with Crippen LogP contribution in [0.4, 0.5) is 11.4 Å². The molecule has 0 unspecified atom stereocenters. The van der Waals surface area contributed by atoms with E-state index in [-0.39, 0.29) is 28.6 Å². The van der Waals surface area contributed by atoms with Crippen LogP contribution in [-0.2, 0) is 9.59 Å². The minimum Gasteiger partial charge on any atom is -0.357 e. The summed E-state index contributed by atoms with van der Waals surface area (Å²) in [5.41, 5.74) is 4.99. The lowest BCUT2D eigenvalue weighted by molar-refractivity contribution is -0.118. The van der Waals surface area contributed by atoms with Crippen molar-refractivity contribution in [1.82, 2.24) is 0 Å². The third kappa shape index (κ3) is 3.40. The monoisotopic (exact) mass is 406 g/mol. The first-order valence-corrected chi connectivity index (χ1v) is 11.1. The van der Waals surface area contributed by atoms with E-state index in [0.29, 0.717) is 12.3 Å². The van der Waals surface area contributed by atoms with Crippen molar-refractivity contribution in [3.63, 3.8) is 0 Å². The normalized spacial score (nSPS) is 27.1. The molecule has 1 aromatic rings. The van der Waals surface area contributed by atoms with Crippen molar-refractivity contribution in [2.75, 3.05) is 10.2 Å². The smallest absolute Gasteiger partial charge is 0.224 e. The number of para-hydroxylation sites is 2. The standard InChI is InChI=1S/C26H34N2O2/c1-16-11-12-18(26(16,5)6)13-22-24-20(14-25(3,4)15-23(24)30)27-19-9-7-8-10-21(19)28(22)17(2)29/h7-11,18,22,27H,12-15H2,1-6H3/t18-,22+/m1/s1. The predicted molar refractivity (Wildman–Crippen MR) is 122 cm³/mol. The molecule has 0 saturated heterocycles. The van der Waals surface area contributed by atoms with Gasteiger partial charge in [0.05, 0.1) is 17.4 Å². The average Bonchev–Trinajstić information content (AvgIpc) is 2.81. The van der Waals surface area contributed by atoms with Gasteiger partial charge < -0.3 is 10.2 Å². The van der Waals surface area contributed by atoms with Gasteiger partial charge in [0.15, 0.2) is 5.78 Å². The van der Waals surface area contributed by atoms with Crippen molar-refractivity contribution in [3.05, 3.63) is 47.2 Å². The minimum atomic E-state index is -0.235. The van der Waals surface area contributed by atoms with Crippen molar-refractivity contribution < 1.29 is 9.59 Å². The van der Waals surface area contributed by atoms with Gasteiger partial charge in [-0.05, 0) is 55.1 Å². The number of amides is 1. The average molecular weight is 407 g/mol. The summed E-state index contributed by atoms with van der Waals surface area (Å²) in [6.07, 6.45) is 5.46. The topological polar surface area (TPSA) is 49.4 Å². The van der Waals surface area contributed by atoms with Crippen LogP contribution in [0, 0.1) is 16.7 Å². The molecule has 0 saturated carbocycles. The van der Waals surface area contributed by atoms with E-state index in [9.17, 15) is 9.59 Å². The van der Waals surface area contributed by atoms with Gasteiger partial charge >= 0.3 is 0 Å². The van der Waals surface area contributed by atoms with Crippen LogP contribution in [0.15, 0.2) is 47.2 Å². The molecule has 4 rings (SSSR count). The lowest BCUT2D eigenvalue weighted by Crippen LogP contribution is -2.45. The van der Waals surface area contributed by atoms with Crippen molar-refractivity contribution in [2.45, 2.75) is 73.3 Å². The molecule has 30 heavy (non-hydrogen) atoms. The Kier molecular flexibility index (Phi) is 4.95. The van der Waals surface area contributed by atoms with Crippen LogP contribution in [-0.4, -0.2) is 17.7 Å². The van der Waals surface area contributed by atoms with Gasteiger partial charge in [0, 0.05) is 24.6 Å². The van der Waals surface area contributed by atoms with Gasteiger partial charge in [-0.2, -0.15) is 0 Å². The zero-order valence-corrected chi connectivity index (χ0v) is 19.1. The number of fused-ring (bicyclic) bond motifs is 1. The second kappa shape index (κ2) is 7.11. The van der Waals surface area contributed by atoms with Crippen LogP contribution < -0.4 is 10.2 Å². The molecule has 1 N–H and O–H groups in total. The number of nitrogens with one attached hydrogen (secondary N) is 1. The lowest BCUT2D eigenvalue weighted by Gasteiger charge is -2.40. The Morgan fingerprint density at radius 2 is 1.87 bits per heavy atom. The molecule has 4 heteroatoms. The summed E-state index contributed by atoms with van der Waals surface area (Å²) < 4.78 is 0. The number of Topliss-reactive ketones (excluding diaryl/α,β-unsaturated/α-hetero) is 1. The maximum Gasteiger partial charge on any atom is 0.224 e. The number of nitrogens with zero attached hydrogens (tertiary/aromatic N) is 1. The molecule has 0 fully saturated rings. The Morgan fingerprint density at radius 1 is 1.17 bits per heavy atom. The van der Waals surface area contributed by atoms with E-state index in [1.807, 2.05) is 29.2 Å². The van der Waals surface area contributed by atoms with Gasteiger partial charge in [0.2, 0.25) is 5.91 Å². The Balaban J connectivity index is 1.86. The highest BCUT2D eigenvalue weighted by Crippen LogP contribution is 2.49. The fourth-order valence-corrected chi connectivity index (χ4v) is 5.55. The molecule has 3 aliphatic rings. The van der Waals surface area contributed by atoms with Crippen LogP contribution >= 0.6 is 0 Å². The van der Waals surface area contributed by atoms with Gasteiger partial charge in [-0.15, -0.1) is 0 Å². The number of carbonyl (C=O) groups excluding carboxylic acids is 2. The van der Waals surface area contributed by atoms with E-state index in [2.05, 4.69) is 46.0 Å². The molecule has 0 spiro atoms. The highest BCUT2D eigenvalue weighted by atomic mass is 16.2. The number of hydrogen-bond donors (Lipinski definition) is 1. The maximum absolute atomic E-state index is 13.5. The first-order chi connectivity index (χ1) is 14.0. The number of carbonyl (C=O) groups is 2. The Morgan fingerprint density at radius 3 is 2.50 bits per heavy atom. The van der Waals surface area contributed by atoms with E-state index in [0.717, 1.165) is 41.9 Å². The highest BCUT2D eigenvalue weighted by Gasteiger charge is 2.45. The summed E-state index contributed by atoms with van der Waals surface area (Å²) in [7, 11) is 0. The Bertz CT molecular complexity index is 967. The molecular weight excluding hydrogens is 372 g/mol. The number of ketones is 1. The van der Waals surface area contributed by atoms with Crippen LogP contribution in [0.2, 0.25) is 0 Å². The van der Waals surface area contributed by atoms with E-state index in [1.54, 1.807) is 6.92 Å². The zero-order valence-electron chi connectivity index (χ0n) is 19.1. The highest BCUT2D eigenvalue weighted by molar-refractivity contribution is 6.05. The summed E-state index contributed by atoms with van der Waals surface area (Å²) in [5, 5.41) is 3.57. The number of benzene rings is 1. The summed E-state index contributed by atoms with van der Waals surface area (Å²) in [6.45, 7) is 12.7. The van der Waals surface area contributed by atoms with Crippen LogP contribution in [0.25, 0.3) is 0 Å². The largest absolute Gasteiger partial charge is 0.357 e. The van der Waals surface area contributed by atoms with Crippen molar-refractivity contribution in [2.24, 2.45) is 16.7 Å². The molecule has 1 aromatic carbocycles. The van der Waals surface area contributed by atoms with Gasteiger partial charge in [-0.3, -0.25) is 9.59 Å². The fraction of sp³-hybridized carbons (Fsp3) is 0.538. The summed E-state index contributed by atoms with van der Waals surface area (Å²) in [6, 6.07) is 7.72. The van der Waals surface area contributed by atoms with Gasteiger partial charge in [0.1, 0.15) is 0 Å². The molecular formula is C26H34N2O2. The Labute approximate surface area is 180 Å². The molecule has 1 heterocycles. The molecule has 1 aliphatic heterocycles. The third-order valence-electron chi connectivity index (χ3n) is 7.61. The van der Waals surface area contributed by atoms with Crippen LogP contribution in [0.1, 0.15) is 67.2 Å². The number of allylic oxidation sites excluding steroid dienone is 3. The molecule has 0 bridgehead atoms. The number of anilines is 2. The van der Waals surface area contributed by atoms with Gasteiger partial charge in [-0.25, -0.2) is 0 Å². The summed E-state index contributed by atoms with van der Waals surface area (Å²) >= 11 is 0. The summed E-state index contributed by atoms with van der Waals surface area (Å²) in [5.74, 6) is 0.561. The van der Waals surface area contributed by atoms with Crippen molar-refractivity contribution in [1.29, 1.82) is 0 Å². The van der Waals surface area contributed by atoms with E-state index < -0.39 is 0 Å². The van der Waals surface area contributed by atoms with Crippen LogP contribution in [0.5, 0.6) is 0 Å². The first kappa shape index (κ1) is 20.9. The SMILES string of the molecule is CC(=O)N1c2ccccc2NC2=C(C(=O)CC(C)(C)C2)[C@@H]1C[C@H]1CC=C(C)C1(C)C. The maximum atomic E-state index is 13.5. The third-order valence-corrected chi connectivity index (χ3v) is 7.61. The summed E-state index contributed by atoms with van der Waals surface area (Å²) in [4.78, 5) is 28.3.